The van der Waals surface area contributed by atoms with Crippen LogP contribution in [0.2, 0.25) is 0 Å². The lowest BCUT2D eigenvalue weighted by Gasteiger charge is -2.26. The van der Waals surface area contributed by atoms with Gasteiger partial charge in [-0.15, -0.1) is 0 Å². The van der Waals surface area contributed by atoms with Crippen molar-refractivity contribution in [3.8, 4) is 6.07 Å². The summed E-state index contributed by atoms with van der Waals surface area (Å²) in [4.78, 5) is 14.4. The number of benzene rings is 1. The van der Waals surface area contributed by atoms with E-state index in [9.17, 15) is 10.1 Å². The standard InChI is InChI=1S/C16H20N2O/c1-12(2)14(11-17)16(19)18-10-6-5-8-13-7-3-4-9-15(13)18/h3-4,7,9,12,14H,5-6,8,10H2,1-2H3. The molecule has 0 aromatic heterocycles. The van der Waals surface area contributed by atoms with Crippen molar-refractivity contribution in [1.29, 1.82) is 5.26 Å². The summed E-state index contributed by atoms with van der Waals surface area (Å²) in [7, 11) is 0. The zero-order valence-electron chi connectivity index (χ0n) is 11.6. The Labute approximate surface area is 114 Å². The Morgan fingerprint density at radius 1 is 1.32 bits per heavy atom. The number of amides is 1. The second-order valence-electron chi connectivity index (χ2n) is 5.43. The van der Waals surface area contributed by atoms with Crippen LogP contribution in [0.4, 0.5) is 5.69 Å². The predicted octanol–water partition coefficient (Wildman–Crippen LogP) is 3.15. The van der Waals surface area contributed by atoms with Crippen LogP contribution in [0.25, 0.3) is 0 Å². The molecule has 1 heterocycles. The maximum absolute atomic E-state index is 12.6. The Morgan fingerprint density at radius 3 is 2.74 bits per heavy atom. The minimum Gasteiger partial charge on any atom is -0.311 e. The molecule has 1 aromatic rings. The van der Waals surface area contributed by atoms with Crippen LogP contribution in [0.3, 0.4) is 0 Å². The molecule has 2 rings (SSSR count). The van der Waals surface area contributed by atoms with E-state index in [4.69, 9.17) is 0 Å². The van der Waals surface area contributed by atoms with Crippen LogP contribution in [0.5, 0.6) is 0 Å². The highest BCUT2D eigenvalue weighted by molar-refractivity contribution is 5.97. The molecular formula is C16H20N2O. The molecule has 3 nitrogen and oxygen atoms in total. The van der Waals surface area contributed by atoms with Gasteiger partial charge in [0.25, 0.3) is 0 Å². The van der Waals surface area contributed by atoms with Gasteiger partial charge in [-0.2, -0.15) is 5.26 Å². The van der Waals surface area contributed by atoms with Gasteiger partial charge in [-0.3, -0.25) is 4.79 Å². The van der Waals surface area contributed by atoms with Gasteiger partial charge in [0.15, 0.2) is 0 Å². The molecule has 0 saturated carbocycles. The Hall–Kier alpha value is -1.82. The summed E-state index contributed by atoms with van der Waals surface area (Å²) in [5.41, 5.74) is 2.21. The first kappa shape index (κ1) is 13.6. The van der Waals surface area contributed by atoms with E-state index in [0.717, 1.165) is 31.5 Å². The van der Waals surface area contributed by atoms with E-state index >= 15 is 0 Å². The molecule has 0 aliphatic carbocycles. The van der Waals surface area contributed by atoms with E-state index in [1.54, 1.807) is 0 Å². The Balaban J connectivity index is 2.34. The third kappa shape index (κ3) is 2.78. The first-order chi connectivity index (χ1) is 9.15. The van der Waals surface area contributed by atoms with Crippen molar-refractivity contribution in [1.82, 2.24) is 0 Å². The van der Waals surface area contributed by atoms with E-state index < -0.39 is 5.92 Å². The SMILES string of the molecule is CC(C)C(C#N)C(=O)N1CCCCc2ccccc21. The monoisotopic (exact) mass is 256 g/mol. The molecule has 0 bridgehead atoms. The number of aryl methyl sites for hydroxylation is 1. The summed E-state index contributed by atoms with van der Waals surface area (Å²) in [6.45, 7) is 4.58. The number of nitriles is 1. The number of carbonyl (C=O) groups is 1. The minimum absolute atomic E-state index is 0.0490. The zero-order chi connectivity index (χ0) is 13.8. The van der Waals surface area contributed by atoms with Crippen molar-refractivity contribution >= 4 is 11.6 Å². The molecule has 1 atom stereocenters. The van der Waals surface area contributed by atoms with E-state index in [-0.39, 0.29) is 11.8 Å². The Morgan fingerprint density at radius 2 is 2.05 bits per heavy atom. The number of nitrogens with zero attached hydrogens (tertiary/aromatic N) is 2. The van der Waals surface area contributed by atoms with Gasteiger partial charge < -0.3 is 4.90 Å². The fraction of sp³-hybridized carbons (Fsp3) is 0.500. The molecule has 0 spiro atoms. The summed E-state index contributed by atoms with van der Waals surface area (Å²) >= 11 is 0. The van der Waals surface area contributed by atoms with Gasteiger partial charge in [0.05, 0.1) is 6.07 Å². The number of rotatable bonds is 2. The summed E-state index contributed by atoms with van der Waals surface area (Å²) in [6.07, 6.45) is 3.11. The maximum Gasteiger partial charge on any atom is 0.244 e. The van der Waals surface area contributed by atoms with E-state index in [1.165, 1.54) is 5.56 Å². The first-order valence-corrected chi connectivity index (χ1v) is 6.94. The topological polar surface area (TPSA) is 44.1 Å². The smallest absolute Gasteiger partial charge is 0.244 e. The average molecular weight is 256 g/mol. The van der Waals surface area contributed by atoms with E-state index in [2.05, 4.69) is 12.1 Å². The molecule has 1 aliphatic heterocycles. The van der Waals surface area contributed by atoms with Crippen LogP contribution in [0.15, 0.2) is 24.3 Å². The van der Waals surface area contributed by atoms with Crippen molar-refractivity contribution < 1.29 is 4.79 Å². The van der Waals surface area contributed by atoms with Crippen LogP contribution in [0.1, 0.15) is 32.3 Å². The second kappa shape index (κ2) is 5.88. The molecule has 1 aromatic carbocycles. The predicted molar refractivity (Wildman–Crippen MR) is 75.7 cm³/mol. The van der Waals surface area contributed by atoms with E-state index in [0.29, 0.717) is 0 Å². The highest BCUT2D eigenvalue weighted by Gasteiger charge is 2.29. The fourth-order valence-corrected chi connectivity index (χ4v) is 2.58. The molecule has 0 saturated heterocycles. The third-order valence-electron chi connectivity index (χ3n) is 3.70. The van der Waals surface area contributed by atoms with Crippen LogP contribution < -0.4 is 4.90 Å². The van der Waals surface area contributed by atoms with Crippen molar-refractivity contribution in [3.63, 3.8) is 0 Å². The van der Waals surface area contributed by atoms with Crippen LogP contribution in [0, 0.1) is 23.2 Å². The van der Waals surface area contributed by atoms with Crippen molar-refractivity contribution in [2.45, 2.75) is 33.1 Å². The minimum atomic E-state index is -0.550. The van der Waals surface area contributed by atoms with Gasteiger partial charge in [0.2, 0.25) is 5.91 Å². The summed E-state index contributed by atoms with van der Waals surface area (Å²) in [5, 5.41) is 9.22. The van der Waals surface area contributed by atoms with Crippen molar-refractivity contribution in [3.05, 3.63) is 29.8 Å². The quantitative estimate of drug-likeness (QED) is 0.816. The van der Waals surface area contributed by atoms with Gasteiger partial charge in [-0.05, 0) is 36.8 Å². The fourth-order valence-electron chi connectivity index (χ4n) is 2.58. The third-order valence-corrected chi connectivity index (χ3v) is 3.70. The molecule has 3 heteroatoms. The number of anilines is 1. The second-order valence-corrected chi connectivity index (χ2v) is 5.43. The molecule has 0 radical (unpaired) electrons. The normalized spacial score (nSPS) is 16.4. The van der Waals surface area contributed by atoms with Gasteiger partial charge >= 0.3 is 0 Å². The van der Waals surface area contributed by atoms with Crippen molar-refractivity contribution in [2.75, 3.05) is 11.4 Å². The largest absolute Gasteiger partial charge is 0.311 e. The van der Waals surface area contributed by atoms with Gasteiger partial charge in [-0.25, -0.2) is 0 Å². The summed E-state index contributed by atoms with van der Waals surface area (Å²) in [6, 6.07) is 10.2. The summed E-state index contributed by atoms with van der Waals surface area (Å²) in [5.74, 6) is -0.550. The number of carbonyl (C=O) groups excluding carboxylic acids is 1. The highest BCUT2D eigenvalue weighted by Crippen LogP contribution is 2.28. The molecule has 1 unspecified atom stereocenters. The zero-order valence-corrected chi connectivity index (χ0v) is 11.6. The Kier molecular flexibility index (Phi) is 4.21. The molecule has 1 amide bonds. The van der Waals surface area contributed by atoms with Gasteiger partial charge in [0.1, 0.15) is 5.92 Å². The molecular weight excluding hydrogens is 236 g/mol. The molecule has 0 fully saturated rings. The number of para-hydroxylation sites is 1. The van der Waals surface area contributed by atoms with Crippen LogP contribution in [-0.2, 0) is 11.2 Å². The number of hydrogen-bond acceptors (Lipinski definition) is 2. The first-order valence-electron chi connectivity index (χ1n) is 6.94. The number of hydrogen-bond donors (Lipinski definition) is 0. The van der Waals surface area contributed by atoms with Gasteiger partial charge in [-0.1, -0.05) is 32.0 Å². The lowest BCUT2D eigenvalue weighted by atomic mass is 9.95. The van der Waals surface area contributed by atoms with Crippen molar-refractivity contribution in [2.24, 2.45) is 11.8 Å². The maximum atomic E-state index is 12.6. The molecule has 0 N–H and O–H groups in total. The molecule has 1 aliphatic rings. The highest BCUT2D eigenvalue weighted by atomic mass is 16.2. The van der Waals surface area contributed by atoms with Crippen LogP contribution in [-0.4, -0.2) is 12.5 Å². The van der Waals surface area contributed by atoms with E-state index in [1.807, 2.05) is 36.9 Å². The van der Waals surface area contributed by atoms with Crippen LogP contribution >= 0.6 is 0 Å². The Bertz CT molecular complexity index is 502. The summed E-state index contributed by atoms with van der Waals surface area (Å²) < 4.78 is 0. The lowest BCUT2D eigenvalue weighted by Crippen LogP contribution is -2.38. The average Bonchev–Trinajstić information content (AvgIpc) is 2.61. The lowest BCUT2D eigenvalue weighted by molar-refractivity contribution is -0.121. The molecule has 19 heavy (non-hydrogen) atoms. The number of fused-ring (bicyclic) bond motifs is 1. The van der Waals surface area contributed by atoms with Gasteiger partial charge in [0, 0.05) is 12.2 Å². The molecule has 100 valence electrons.